The van der Waals surface area contributed by atoms with Crippen molar-refractivity contribution in [1.29, 1.82) is 0 Å². The van der Waals surface area contributed by atoms with Crippen molar-refractivity contribution < 1.29 is 9.47 Å². The summed E-state index contributed by atoms with van der Waals surface area (Å²) >= 11 is 0. The van der Waals surface area contributed by atoms with E-state index < -0.39 is 5.41 Å². The van der Waals surface area contributed by atoms with Crippen LogP contribution in [0.4, 0.5) is 0 Å². The van der Waals surface area contributed by atoms with Gasteiger partial charge >= 0.3 is 0 Å². The zero-order chi connectivity index (χ0) is 29.9. The Hall–Kier alpha value is -5.34. The number of fused-ring (bicyclic) bond motifs is 3. The van der Waals surface area contributed by atoms with E-state index in [4.69, 9.17) is 9.47 Å². The molecule has 0 aromatic heterocycles. The van der Waals surface area contributed by atoms with Crippen LogP contribution in [-0.2, 0) is 18.6 Å². The molecule has 2 nitrogen and oxygen atoms in total. The van der Waals surface area contributed by atoms with Gasteiger partial charge in [-0.1, -0.05) is 140 Å². The van der Waals surface area contributed by atoms with Crippen LogP contribution < -0.4 is 9.47 Å². The second-order valence-electron chi connectivity index (χ2n) is 11.4. The third-order valence-electron chi connectivity index (χ3n) is 8.67. The minimum absolute atomic E-state index is 0.471. The van der Waals surface area contributed by atoms with Gasteiger partial charge in [-0.3, -0.25) is 0 Å². The Kier molecular flexibility index (Phi) is 7.33. The van der Waals surface area contributed by atoms with Crippen molar-refractivity contribution in [2.24, 2.45) is 0 Å². The maximum absolute atomic E-state index is 6.20. The SMILES string of the molecule is C=Cc1ccc(COc2ccc(C3(c4ccc(OCc5ccc(C)cc5)cc4)c4ccccc4-c4ccccc43)cc2)cc1. The van der Waals surface area contributed by atoms with Crippen LogP contribution in [0.1, 0.15) is 44.5 Å². The van der Waals surface area contributed by atoms with Crippen molar-refractivity contribution in [2.75, 3.05) is 0 Å². The van der Waals surface area contributed by atoms with Gasteiger partial charge in [0, 0.05) is 0 Å². The van der Waals surface area contributed by atoms with Crippen LogP contribution in [0.3, 0.4) is 0 Å². The van der Waals surface area contributed by atoms with Crippen LogP contribution in [0, 0.1) is 6.92 Å². The lowest BCUT2D eigenvalue weighted by molar-refractivity contribution is 0.306. The summed E-state index contributed by atoms with van der Waals surface area (Å²) in [6.45, 7) is 6.99. The van der Waals surface area contributed by atoms with Crippen LogP contribution in [-0.4, -0.2) is 0 Å². The van der Waals surface area contributed by atoms with Gasteiger partial charge in [-0.25, -0.2) is 0 Å². The van der Waals surface area contributed by atoms with Crippen LogP contribution in [0.2, 0.25) is 0 Å². The second-order valence-corrected chi connectivity index (χ2v) is 11.4. The van der Waals surface area contributed by atoms with Gasteiger partial charge in [0.25, 0.3) is 0 Å². The van der Waals surface area contributed by atoms with Crippen LogP contribution >= 0.6 is 0 Å². The molecule has 2 heteroatoms. The fourth-order valence-corrected chi connectivity index (χ4v) is 6.39. The van der Waals surface area contributed by atoms with Gasteiger partial charge in [0.15, 0.2) is 0 Å². The van der Waals surface area contributed by atoms with E-state index in [-0.39, 0.29) is 0 Å². The monoisotopic (exact) mass is 570 g/mol. The van der Waals surface area contributed by atoms with E-state index in [1.807, 2.05) is 6.08 Å². The number of rotatable bonds is 9. The average molecular weight is 571 g/mol. The van der Waals surface area contributed by atoms with Crippen molar-refractivity contribution in [2.45, 2.75) is 25.6 Å². The molecule has 0 spiro atoms. The predicted octanol–water partition coefficient (Wildman–Crippen LogP) is 10.2. The number of hydrogen-bond acceptors (Lipinski definition) is 2. The first-order valence-electron chi connectivity index (χ1n) is 15.1. The summed E-state index contributed by atoms with van der Waals surface area (Å²) in [6, 6.07) is 51.6. The van der Waals surface area contributed by atoms with Gasteiger partial charge in [-0.05, 0) is 81.3 Å². The molecule has 0 heterocycles. The second kappa shape index (κ2) is 11.7. The van der Waals surface area contributed by atoms with Crippen LogP contribution in [0.15, 0.2) is 152 Å². The molecule has 1 aliphatic carbocycles. The Bertz CT molecular complexity index is 1850. The molecule has 44 heavy (non-hydrogen) atoms. The van der Waals surface area contributed by atoms with E-state index in [1.54, 1.807) is 0 Å². The Morgan fingerprint density at radius 2 is 0.955 bits per heavy atom. The summed E-state index contributed by atoms with van der Waals surface area (Å²) in [5.74, 6) is 1.70. The van der Waals surface area contributed by atoms with Crippen molar-refractivity contribution >= 4 is 6.08 Å². The summed E-state index contributed by atoms with van der Waals surface area (Å²) in [4.78, 5) is 0. The third kappa shape index (κ3) is 4.99. The number of ether oxygens (including phenoxy) is 2. The summed E-state index contributed by atoms with van der Waals surface area (Å²) in [5.41, 5.74) is 11.7. The van der Waals surface area contributed by atoms with Gasteiger partial charge in [0.05, 0.1) is 5.41 Å². The number of hydrogen-bond donors (Lipinski definition) is 0. The summed E-state index contributed by atoms with van der Waals surface area (Å²) < 4.78 is 12.4. The zero-order valence-corrected chi connectivity index (χ0v) is 24.9. The normalized spacial score (nSPS) is 12.7. The van der Waals surface area contributed by atoms with E-state index >= 15 is 0 Å². The van der Waals surface area contributed by atoms with Gasteiger partial charge < -0.3 is 9.47 Å². The highest BCUT2D eigenvalue weighted by Gasteiger charge is 2.45. The molecule has 0 N–H and O–H groups in total. The fourth-order valence-electron chi connectivity index (χ4n) is 6.39. The number of aryl methyl sites for hydroxylation is 1. The smallest absolute Gasteiger partial charge is 0.119 e. The van der Waals surface area contributed by atoms with Gasteiger partial charge in [-0.15, -0.1) is 0 Å². The summed E-state index contributed by atoms with van der Waals surface area (Å²) in [7, 11) is 0. The molecule has 6 aromatic rings. The van der Waals surface area contributed by atoms with Crippen molar-refractivity contribution in [3.63, 3.8) is 0 Å². The minimum Gasteiger partial charge on any atom is -0.489 e. The molecule has 0 atom stereocenters. The molecule has 0 bridgehead atoms. The molecular formula is C42H34O2. The topological polar surface area (TPSA) is 18.5 Å². The quantitative estimate of drug-likeness (QED) is 0.172. The van der Waals surface area contributed by atoms with Crippen LogP contribution in [0.25, 0.3) is 17.2 Å². The molecule has 1 aliphatic rings. The van der Waals surface area contributed by atoms with Crippen molar-refractivity contribution in [3.8, 4) is 22.6 Å². The highest BCUT2D eigenvalue weighted by molar-refractivity contribution is 5.86. The summed E-state index contributed by atoms with van der Waals surface area (Å²) in [5, 5.41) is 0. The van der Waals surface area contributed by atoms with E-state index in [9.17, 15) is 0 Å². The largest absolute Gasteiger partial charge is 0.489 e. The van der Waals surface area contributed by atoms with Gasteiger partial charge in [0.1, 0.15) is 24.7 Å². The molecule has 0 aliphatic heterocycles. The molecular weight excluding hydrogens is 536 g/mol. The molecule has 0 fully saturated rings. The maximum atomic E-state index is 6.20. The molecule has 214 valence electrons. The molecule has 6 aromatic carbocycles. The third-order valence-corrected chi connectivity index (χ3v) is 8.67. The molecule has 0 saturated heterocycles. The molecule has 0 saturated carbocycles. The minimum atomic E-state index is -0.471. The number of benzene rings is 6. The lowest BCUT2D eigenvalue weighted by atomic mass is 9.68. The zero-order valence-electron chi connectivity index (χ0n) is 24.9. The Morgan fingerprint density at radius 1 is 0.523 bits per heavy atom. The first kappa shape index (κ1) is 27.5. The van der Waals surface area contributed by atoms with Crippen molar-refractivity contribution in [3.05, 3.63) is 197 Å². The standard InChI is InChI=1S/C42H34O2/c1-3-31-16-18-33(19-17-31)29-44-37-26-22-35(23-27-37)42(40-10-6-4-8-38(40)39-9-5-7-11-41(39)42)34-20-24-36(25-21-34)43-28-32-14-12-30(2)13-15-32/h3-27H,1,28-29H2,2H3. The molecule has 0 unspecified atom stereocenters. The molecule has 0 amide bonds. The highest BCUT2D eigenvalue weighted by atomic mass is 16.5. The Morgan fingerprint density at radius 3 is 1.41 bits per heavy atom. The van der Waals surface area contributed by atoms with E-state index in [2.05, 4.69) is 159 Å². The average Bonchev–Trinajstić information content (AvgIpc) is 3.39. The van der Waals surface area contributed by atoms with Gasteiger partial charge in [-0.2, -0.15) is 0 Å². The first-order chi connectivity index (χ1) is 21.6. The molecule has 0 radical (unpaired) electrons. The Labute approximate surface area is 259 Å². The maximum Gasteiger partial charge on any atom is 0.119 e. The Balaban J connectivity index is 1.24. The van der Waals surface area contributed by atoms with Crippen LogP contribution in [0.5, 0.6) is 11.5 Å². The lowest BCUT2D eigenvalue weighted by Gasteiger charge is -2.34. The van der Waals surface area contributed by atoms with E-state index in [1.165, 1.54) is 38.9 Å². The van der Waals surface area contributed by atoms with Gasteiger partial charge in [0.2, 0.25) is 0 Å². The predicted molar refractivity (Wildman–Crippen MR) is 180 cm³/mol. The van der Waals surface area contributed by atoms with E-state index in [0.717, 1.165) is 28.2 Å². The van der Waals surface area contributed by atoms with Crippen molar-refractivity contribution in [1.82, 2.24) is 0 Å². The fraction of sp³-hybridized carbons (Fsp3) is 0.0952. The van der Waals surface area contributed by atoms with E-state index in [0.29, 0.717) is 13.2 Å². The highest BCUT2D eigenvalue weighted by Crippen LogP contribution is 2.56. The first-order valence-corrected chi connectivity index (χ1v) is 15.1. The molecule has 7 rings (SSSR count). The summed E-state index contributed by atoms with van der Waals surface area (Å²) in [6.07, 6.45) is 1.85. The lowest BCUT2D eigenvalue weighted by Crippen LogP contribution is -2.28.